The predicted octanol–water partition coefficient (Wildman–Crippen LogP) is 0.603. The van der Waals surface area contributed by atoms with Gasteiger partial charge in [-0.05, 0) is 24.6 Å². The van der Waals surface area contributed by atoms with Gasteiger partial charge in [-0.15, -0.1) is 11.3 Å². The van der Waals surface area contributed by atoms with Gasteiger partial charge in [0.05, 0.1) is 27.8 Å². The van der Waals surface area contributed by atoms with Crippen molar-refractivity contribution in [3.8, 4) is 0 Å². The molecule has 0 saturated heterocycles. The molecule has 2 heterocycles. The van der Waals surface area contributed by atoms with Crippen LogP contribution in [-0.2, 0) is 11.3 Å². The van der Waals surface area contributed by atoms with E-state index in [2.05, 4.69) is 10.3 Å². The van der Waals surface area contributed by atoms with Crippen molar-refractivity contribution < 1.29 is 14.4 Å². The summed E-state index contributed by atoms with van der Waals surface area (Å²) in [7, 11) is 0. The van der Waals surface area contributed by atoms with Gasteiger partial charge in [0.15, 0.2) is 0 Å². The Bertz CT molecular complexity index is 1150. The second kappa shape index (κ2) is 7.00. The standard InChI is InChI=1S/C17H15N5O4S/c1-8-12-16(27-13(8)15(19)25)20-7-22(17(12)26)6-11(23)21-10-5-3-2-4-9(10)14(18)24/h2-5,7H,6H2,1H3,(H2,18,24)(H2,19,25)(H,21,23). The van der Waals surface area contributed by atoms with Crippen LogP contribution in [-0.4, -0.2) is 27.3 Å². The summed E-state index contributed by atoms with van der Waals surface area (Å²) in [5.41, 5.74) is 11.0. The molecule has 0 radical (unpaired) electrons. The van der Waals surface area contributed by atoms with E-state index in [4.69, 9.17) is 11.5 Å². The van der Waals surface area contributed by atoms with Crippen molar-refractivity contribution in [2.24, 2.45) is 11.5 Å². The summed E-state index contributed by atoms with van der Waals surface area (Å²) in [4.78, 5) is 52.6. The summed E-state index contributed by atoms with van der Waals surface area (Å²) >= 11 is 1.03. The maximum absolute atomic E-state index is 12.7. The van der Waals surface area contributed by atoms with Gasteiger partial charge in [0.2, 0.25) is 5.91 Å². The van der Waals surface area contributed by atoms with Crippen LogP contribution in [0.2, 0.25) is 0 Å². The topological polar surface area (TPSA) is 150 Å². The minimum Gasteiger partial charge on any atom is -0.366 e. The first-order chi connectivity index (χ1) is 12.8. The third-order valence-electron chi connectivity index (χ3n) is 3.92. The molecule has 3 rings (SSSR count). The smallest absolute Gasteiger partial charge is 0.262 e. The molecule has 0 spiro atoms. The normalized spacial score (nSPS) is 10.7. The maximum atomic E-state index is 12.7. The van der Waals surface area contributed by atoms with Crippen molar-refractivity contribution in [2.45, 2.75) is 13.5 Å². The summed E-state index contributed by atoms with van der Waals surface area (Å²) in [5.74, 6) is -1.85. The SMILES string of the molecule is Cc1c(C(N)=O)sc2ncn(CC(=O)Nc3ccccc3C(N)=O)c(=O)c12. The molecule has 0 aliphatic heterocycles. The third-order valence-corrected chi connectivity index (χ3v) is 5.14. The Balaban J connectivity index is 1.91. The van der Waals surface area contributed by atoms with Crippen LogP contribution in [0.3, 0.4) is 0 Å². The molecule has 10 heteroatoms. The lowest BCUT2D eigenvalue weighted by Crippen LogP contribution is -2.28. The van der Waals surface area contributed by atoms with Gasteiger partial charge in [0.1, 0.15) is 11.4 Å². The number of fused-ring (bicyclic) bond motifs is 1. The molecule has 0 unspecified atom stereocenters. The predicted molar refractivity (Wildman–Crippen MR) is 101 cm³/mol. The van der Waals surface area contributed by atoms with Crippen LogP contribution >= 0.6 is 11.3 Å². The van der Waals surface area contributed by atoms with E-state index in [1.807, 2.05) is 0 Å². The number of nitrogens with two attached hydrogens (primary N) is 2. The highest BCUT2D eigenvalue weighted by Crippen LogP contribution is 2.26. The summed E-state index contributed by atoms with van der Waals surface area (Å²) in [6.45, 7) is 1.28. The van der Waals surface area contributed by atoms with Crippen LogP contribution in [0.1, 0.15) is 25.6 Å². The first-order valence-corrected chi connectivity index (χ1v) is 8.58. The molecule has 0 atom stereocenters. The fourth-order valence-electron chi connectivity index (χ4n) is 2.66. The number of hydrogen-bond acceptors (Lipinski definition) is 6. The molecule has 27 heavy (non-hydrogen) atoms. The van der Waals surface area contributed by atoms with Gasteiger partial charge in [0, 0.05) is 0 Å². The number of primary amides is 2. The van der Waals surface area contributed by atoms with Crippen molar-refractivity contribution >= 4 is 45.0 Å². The number of nitrogens with one attached hydrogen (secondary N) is 1. The highest BCUT2D eigenvalue weighted by Gasteiger charge is 2.18. The lowest BCUT2D eigenvalue weighted by atomic mass is 10.1. The number of anilines is 1. The molecule has 0 bridgehead atoms. The number of thiophene rings is 1. The number of nitrogens with zero attached hydrogens (tertiary/aromatic N) is 2. The van der Waals surface area contributed by atoms with E-state index in [0.29, 0.717) is 10.4 Å². The average Bonchev–Trinajstić information content (AvgIpc) is 2.95. The monoisotopic (exact) mass is 385 g/mol. The Kier molecular flexibility index (Phi) is 4.74. The number of benzene rings is 1. The van der Waals surface area contributed by atoms with Gasteiger partial charge in [-0.3, -0.25) is 23.7 Å². The Morgan fingerprint density at radius 1 is 1.19 bits per heavy atom. The number of aromatic nitrogens is 2. The molecule has 9 nitrogen and oxygen atoms in total. The number of carbonyl (C=O) groups is 3. The maximum Gasteiger partial charge on any atom is 0.262 e. The van der Waals surface area contributed by atoms with E-state index in [1.165, 1.54) is 18.5 Å². The van der Waals surface area contributed by atoms with Crippen LogP contribution in [0.4, 0.5) is 5.69 Å². The van der Waals surface area contributed by atoms with E-state index in [1.54, 1.807) is 19.1 Å². The van der Waals surface area contributed by atoms with Gasteiger partial charge >= 0.3 is 0 Å². The van der Waals surface area contributed by atoms with Gasteiger partial charge in [-0.1, -0.05) is 12.1 Å². The average molecular weight is 385 g/mol. The van der Waals surface area contributed by atoms with Crippen LogP contribution in [0.5, 0.6) is 0 Å². The van der Waals surface area contributed by atoms with Crippen LogP contribution in [0.25, 0.3) is 10.2 Å². The number of rotatable bonds is 5. The summed E-state index contributed by atoms with van der Waals surface area (Å²) in [5, 5.41) is 2.81. The fourth-order valence-corrected chi connectivity index (χ4v) is 3.65. The highest BCUT2D eigenvalue weighted by molar-refractivity contribution is 7.20. The van der Waals surface area contributed by atoms with E-state index in [9.17, 15) is 19.2 Å². The zero-order chi connectivity index (χ0) is 19.7. The first-order valence-electron chi connectivity index (χ1n) is 7.76. The lowest BCUT2D eigenvalue weighted by Gasteiger charge is -2.10. The van der Waals surface area contributed by atoms with Gasteiger partial charge in [-0.2, -0.15) is 0 Å². The molecule has 138 valence electrons. The molecule has 0 aliphatic rings. The molecular weight excluding hydrogens is 370 g/mol. The van der Waals surface area contributed by atoms with Gasteiger partial charge < -0.3 is 16.8 Å². The molecule has 2 aromatic heterocycles. The largest absolute Gasteiger partial charge is 0.366 e. The molecule has 1 aromatic carbocycles. The zero-order valence-corrected chi connectivity index (χ0v) is 15.0. The second-order valence-corrected chi connectivity index (χ2v) is 6.74. The van der Waals surface area contributed by atoms with Crippen LogP contribution in [0, 0.1) is 6.92 Å². The molecule has 0 aliphatic carbocycles. The van der Waals surface area contributed by atoms with Crippen molar-refractivity contribution in [1.29, 1.82) is 0 Å². The fraction of sp³-hybridized carbons (Fsp3) is 0.118. The van der Waals surface area contributed by atoms with Crippen LogP contribution in [0.15, 0.2) is 35.4 Å². The summed E-state index contributed by atoms with van der Waals surface area (Å²) in [6.07, 6.45) is 1.23. The molecule has 0 fully saturated rings. The Hall–Kier alpha value is -3.53. The Morgan fingerprint density at radius 3 is 2.56 bits per heavy atom. The Morgan fingerprint density at radius 2 is 1.89 bits per heavy atom. The molecule has 5 N–H and O–H groups in total. The number of hydrogen-bond donors (Lipinski definition) is 3. The van der Waals surface area contributed by atoms with Crippen LogP contribution < -0.4 is 22.3 Å². The second-order valence-electron chi connectivity index (χ2n) is 5.74. The van der Waals surface area contributed by atoms with E-state index >= 15 is 0 Å². The van der Waals surface area contributed by atoms with E-state index in [0.717, 1.165) is 15.9 Å². The minimum atomic E-state index is -0.681. The molecule has 3 aromatic rings. The zero-order valence-electron chi connectivity index (χ0n) is 14.2. The third kappa shape index (κ3) is 3.42. The van der Waals surface area contributed by atoms with Crippen molar-refractivity contribution in [1.82, 2.24) is 9.55 Å². The summed E-state index contributed by atoms with van der Waals surface area (Å²) < 4.78 is 1.12. The number of aryl methyl sites for hydroxylation is 1. The van der Waals surface area contributed by atoms with Crippen molar-refractivity contribution in [3.63, 3.8) is 0 Å². The Labute approximate surface area is 156 Å². The number of para-hydroxylation sites is 1. The van der Waals surface area contributed by atoms with Crippen molar-refractivity contribution in [3.05, 3.63) is 57.0 Å². The van der Waals surface area contributed by atoms with E-state index < -0.39 is 23.3 Å². The first kappa shape index (κ1) is 18.3. The van der Waals surface area contributed by atoms with Crippen molar-refractivity contribution in [2.75, 3.05) is 5.32 Å². The lowest BCUT2D eigenvalue weighted by molar-refractivity contribution is -0.116. The molecule has 0 saturated carbocycles. The number of carbonyl (C=O) groups excluding carboxylic acids is 3. The number of amides is 3. The quantitative estimate of drug-likeness (QED) is 0.588. The van der Waals surface area contributed by atoms with Gasteiger partial charge in [-0.25, -0.2) is 4.98 Å². The molecule has 3 amide bonds. The summed E-state index contributed by atoms with van der Waals surface area (Å²) in [6, 6.07) is 6.28. The highest BCUT2D eigenvalue weighted by atomic mass is 32.1. The minimum absolute atomic E-state index is 0.159. The van der Waals surface area contributed by atoms with E-state index in [-0.39, 0.29) is 28.1 Å². The molecular formula is C17H15N5O4S. The van der Waals surface area contributed by atoms with Gasteiger partial charge in [0.25, 0.3) is 17.4 Å².